The molecule has 7 nitrogen and oxygen atoms in total. The fourth-order valence-electron chi connectivity index (χ4n) is 2.78. The summed E-state index contributed by atoms with van der Waals surface area (Å²) >= 11 is 6.08. The van der Waals surface area contributed by atoms with Crippen LogP contribution in [0.3, 0.4) is 0 Å². The summed E-state index contributed by atoms with van der Waals surface area (Å²) in [4.78, 5) is 12.5. The van der Waals surface area contributed by atoms with E-state index in [0.717, 1.165) is 0 Å². The molecule has 0 spiro atoms. The molecule has 0 bridgehead atoms. The van der Waals surface area contributed by atoms with Crippen LogP contribution in [0.25, 0.3) is 0 Å². The Hall–Kier alpha value is -3.23. The van der Waals surface area contributed by atoms with Gasteiger partial charge >= 0.3 is 0 Å². The summed E-state index contributed by atoms with van der Waals surface area (Å²) < 4.78 is 38.9. The van der Waals surface area contributed by atoms with E-state index in [1.807, 2.05) is 0 Å². The molecule has 3 rings (SSSR count). The summed E-state index contributed by atoms with van der Waals surface area (Å²) in [5.41, 5.74) is 0.949. The number of rotatable bonds is 8. The van der Waals surface area contributed by atoms with Crippen molar-refractivity contribution in [3.63, 3.8) is 0 Å². The summed E-state index contributed by atoms with van der Waals surface area (Å²) in [6.45, 7) is 2.14. The third kappa shape index (κ3) is 5.48. The molecule has 0 atom stereocenters. The molecule has 1 amide bonds. The minimum absolute atomic E-state index is 0.0498. The van der Waals surface area contributed by atoms with Gasteiger partial charge in [-0.25, -0.2) is 8.42 Å². The van der Waals surface area contributed by atoms with E-state index in [4.69, 9.17) is 21.1 Å². The Morgan fingerprint density at radius 3 is 2.35 bits per heavy atom. The molecule has 31 heavy (non-hydrogen) atoms. The molecule has 0 aromatic heterocycles. The van der Waals surface area contributed by atoms with Crippen LogP contribution in [-0.4, -0.2) is 28.0 Å². The highest BCUT2D eigenvalue weighted by Crippen LogP contribution is 2.31. The summed E-state index contributed by atoms with van der Waals surface area (Å²) in [6, 6.07) is 17.4. The molecule has 0 saturated heterocycles. The van der Waals surface area contributed by atoms with E-state index < -0.39 is 10.0 Å². The van der Waals surface area contributed by atoms with Gasteiger partial charge in [0.25, 0.3) is 15.9 Å². The predicted octanol–water partition coefficient (Wildman–Crippen LogP) is 4.80. The highest BCUT2D eigenvalue weighted by Gasteiger charge is 2.19. The highest BCUT2D eigenvalue weighted by molar-refractivity contribution is 7.92. The number of benzene rings is 3. The Balaban J connectivity index is 1.91. The number of carbonyl (C=O) groups is 1. The van der Waals surface area contributed by atoms with Crippen molar-refractivity contribution in [3.8, 4) is 11.5 Å². The van der Waals surface area contributed by atoms with Crippen LogP contribution in [0, 0.1) is 0 Å². The number of halogens is 1. The van der Waals surface area contributed by atoms with Crippen LogP contribution < -0.4 is 19.5 Å². The van der Waals surface area contributed by atoms with Crippen molar-refractivity contribution in [1.29, 1.82) is 0 Å². The van der Waals surface area contributed by atoms with Crippen LogP contribution >= 0.6 is 11.6 Å². The lowest BCUT2D eigenvalue weighted by molar-refractivity contribution is 0.102. The van der Waals surface area contributed by atoms with E-state index in [-0.39, 0.29) is 27.2 Å². The maximum Gasteiger partial charge on any atom is 0.261 e. The largest absolute Gasteiger partial charge is 0.495 e. The number of sulfonamides is 1. The van der Waals surface area contributed by atoms with Gasteiger partial charge < -0.3 is 14.8 Å². The van der Waals surface area contributed by atoms with Gasteiger partial charge in [-0.3, -0.25) is 9.52 Å². The van der Waals surface area contributed by atoms with Gasteiger partial charge in [-0.1, -0.05) is 29.8 Å². The first kappa shape index (κ1) is 22.5. The number of methoxy groups -OCH3 is 1. The topological polar surface area (TPSA) is 93.7 Å². The van der Waals surface area contributed by atoms with Gasteiger partial charge in [0, 0.05) is 5.56 Å². The Morgan fingerprint density at radius 2 is 1.71 bits per heavy atom. The SMILES string of the molecule is CCOc1ccc(S(=O)(=O)Nc2ccc(OC)c(Cl)c2)cc1NC(=O)c1ccccc1. The molecule has 2 N–H and O–H groups in total. The summed E-state index contributed by atoms with van der Waals surface area (Å²) in [5, 5.41) is 2.99. The van der Waals surface area contributed by atoms with Crippen molar-refractivity contribution in [2.75, 3.05) is 23.8 Å². The molecule has 0 unspecified atom stereocenters. The number of nitrogens with one attached hydrogen (secondary N) is 2. The number of hydrogen-bond donors (Lipinski definition) is 2. The van der Waals surface area contributed by atoms with E-state index in [0.29, 0.717) is 23.7 Å². The Morgan fingerprint density at radius 1 is 1.00 bits per heavy atom. The van der Waals surface area contributed by atoms with Gasteiger partial charge in [0.15, 0.2) is 0 Å². The van der Waals surface area contributed by atoms with Crippen molar-refractivity contribution in [2.24, 2.45) is 0 Å². The second-order valence-electron chi connectivity index (χ2n) is 6.37. The predicted molar refractivity (Wildman–Crippen MR) is 121 cm³/mol. The second kappa shape index (κ2) is 9.72. The molecule has 0 heterocycles. The molecule has 0 aliphatic heterocycles. The second-order valence-corrected chi connectivity index (χ2v) is 8.46. The number of ether oxygens (including phenoxy) is 2. The number of anilines is 2. The quantitative estimate of drug-likeness (QED) is 0.503. The molecule has 0 aliphatic carbocycles. The molecule has 3 aromatic carbocycles. The average molecular weight is 461 g/mol. The minimum atomic E-state index is -3.96. The van der Waals surface area contributed by atoms with Gasteiger partial charge in [0.2, 0.25) is 0 Å². The number of carbonyl (C=O) groups excluding carboxylic acids is 1. The van der Waals surface area contributed by atoms with Crippen molar-refractivity contribution >= 4 is 38.9 Å². The molecular weight excluding hydrogens is 440 g/mol. The number of amides is 1. The molecular formula is C22H21ClN2O5S. The van der Waals surface area contributed by atoms with E-state index in [9.17, 15) is 13.2 Å². The zero-order valence-corrected chi connectivity index (χ0v) is 18.5. The van der Waals surface area contributed by atoms with Gasteiger partial charge in [0.05, 0.1) is 35.0 Å². The van der Waals surface area contributed by atoms with Crippen LogP contribution in [0.4, 0.5) is 11.4 Å². The molecule has 9 heteroatoms. The highest BCUT2D eigenvalue weighted by atomic mass is 35.5. The Bertz CT molecular complexity index is 1180. The zero-order valence-electron chi connectivity index (χ0n) is 16.9. The monoisotopic (exact) mass is 460 g/mol. The van der Waals surface area contributed by atoms with Crippen molar-refractivity contribution in [1.82, 2.24) is 0 Å². The van der Waals surface area contributed by atoms with Crippen molar-refractivity contribution in [3.05, 3.63) is 77.3 Å². The minimum Gasteiger partial charge on any atom is -0.495 e. The standard InChI is InChI=1S/C22H21ClN2O5S/c1-3-30-21-12-10-17(14-19(21)24-22(26)15-7-5-4-6-8-15)31(27,28)25-16-9-11-20(29-2)18(23)13-16/h4-14,25H,3H2,1-2H3,(H,24,26). The van der Waals surface area contributed by atoms with Crippen LogP contribution in [0.2, 0.25) is 5.02 Å². The molecule has 0 saturated carbocycles. The van der Waals surface area contributed by atoms with Crippen LogP contribution in [0.15, 0.2) is 71.6 Å². The number of hydrogen-bond acceptors (Lipinski definition) is 5. The van der Waals surface area contributed by atoms with Gasteiger partial charge in [-0.15, -0.1) is 0 Å². The first-order valence-corrected chi connectivity index (χ1v) is 11.2. The molecule has 3 aromatic rings. The fourth-order valence-corrected chi connectivity index (χ4v) is 4.12. The average Bonchev–Trinajstić information content (AvgIpc) is 2.75. The summed E-state index contributed by atoms with van der Waals surface area (Å²) in [6.07, 6.45) is 0. The van der Waals surface area contributed by atoms with Crippen molar-refractivity contribution in [2.45, 2.75) is 11.8 Å². The summed E-state index contributed by atoms with van der Waals surface area (Å²) in [5.74, 6) is 0.404. The lowest BCUT2D eigenvalue weighted by atomic mass is 10.2. The first-order chi connectivity index (χ1) is 14.8. The Kier molecular flexibility index (Phi) is 7.04. The van der Waals surface area contributed by atoms with E-state index >= 15 is 0 Å². The van der Waals surface area contributed by atoms with Crippen LogP contribution in [0.1, 0.15) is 17.3 Å². The normalized spacial score (nSPS) is 10.9. The van der Waals surface area contributed by atoms with Crippen LogP contribution in [-0.2, 0) is 10.0 Å². The van der Waals surface area contributed by atoms with Gasteiger partial charge in [-0.2, -0.15) is 0 Å². The van der Waals surface area contributed by atoms with E-state index in [2.05, 4.69) is 10.0 Å². The zero-order chi connectivity index (χ0) is 22.4. The van der Waals surface area contributed by atoms with E-state index in [1.54, 1.807) is 43.3 Å². The molecule has 0 radical (unpaired) electrons. The first-order valence-electron chi connectivity index (χ1n) is 9.33. The third-order valence-electron chi connectivity index (χ3n) is 4.25. The Labute approximate surface area is 186 Å². The smallest absolute Gasteiger partial charge is 0.261 e. The molecule has 0 aliphatic rings. The maximum atomic E-state index is 12.9. The maximum absolute atomic E-state index is 12.9. The van der Waals surface area contributed by atoms with Gasteiger partial charge in [0.1, 0.15) is 11.5 Å². The lowest BCUT2D eigenvalue weighted by Crippen LogP contribution is -2.16. The summed E-state index contributed by atoms with van der Waals surface area (Å²) in [7, 11) is -2.49. The van der Waals surface area contributed by atoms with Crippen molar-refractivity contribution < 1.29 is 22.7 Å². The fraction of sp³-hybridized carbons (Fsp3) is 0.136. The van der Waals surface area contributed by atoms with Gasteiger partial charge in [-0.05, 0) is 55.5 Å². The van der Waals surface area contributed by atoms with Crippen LogP contribution in [0.5, 0.6) is 11.5 Å². The molecule has 0 fully saturated rings. The lowest BCUT2D eigenvalue weighted by Gasteiger charge is -2.15. The molecule has 162 valence electrons. The van der Waals surface area contributed by atoms with E-state index in [1.165, 1.54) is 37.4 Å². The third-order valence-corrected chi connectivity index (χ3v) is 5.92.